The molecule has 21 heavy (non-hydrogen) atoms. The van der Waals surface area contributed by atoms with Crippen LogP contribution in [0.25, 0.3) is 0 Å². The van der Waals surface area contributed by atoms with Crippen molar-refractivity contribution in [3.05, 3.63) is 29.2 Å². The lowest BCUT2D eigenvalue weighted by atomic mass is 10.1. The summed E-state index contributed by atoms with van der Waals surface area (Å²) in [6.45, 7) is 10.8. The number of aryl methyl sites for hydroxylation is 2. The van der Waals surface area contributed by atoms with Crippen LogP contribution in [0.2, 0.25) is 0 Å². The van der Waals surface area contributed by atoms with Gasteiger partial charge in [0.25, 0.3) is 0 Å². The van der Waals surface area contributed by atoms with Gasteiger partial charge in [0.1, 0.15) is 6.26 Å². The second-order valence-electron chi connectivity index (χ2n) is 4.64. The summed E-state index contributed by atoms with van der Waals surface area (Å²) in [6, 6.07) is 0. The molecule has 0 aliphatic carbocycles. The molecule has 0 radical (unpaired) electrons. The third kappa shape index (κ3) is 7.78. The highest BCUT2D eigenvalue weighted by Gasteiger charge is 2.04. The summed E-state index contributed by atoms with van der Waals surface area (Å²) in [7, 11) is 0. The zero-order chi connectivity index (χ0) is 16.1. The molecular weight excluding hydrogens is 267 g/mol. The van der Waals surface area contributed by atoms with Crippen LogP contribution in [0.5, 0.6) is 0 Å². The summed E-state index contributed by atoms with van der Waals surface area (Å²) in [5, 5.41) is 3.67. The Morgan fingerprint density at radius 3 is 2.38 bits per heavy atom. The topological polar surface area (TPSA) is 38.4 Å². The minimum absolute atomic E-state index is 0.273. The van der Waals surface area contributed by atoms with Crippen molar-refractivity contribution in [2.75, 3.05) is 13.2 Å². The normalized spacial score (nSPS) is 12.7. The van der Waals surface area contributed by atoms with E-state index in [4.69, 9.17) is 0 Å². The first-order valence-corrected chi connectivity index (χ1v) is 7.85. The fourth-order valence-corrected chi connectivity index (χ4v) is 1.86. The standard InChI is InChI=1S/C8H13N.C7H10FNO.C2H6/c1-3-4-8-7(2)5-6-9-8;1-6-7(3-2-4-8)5-10-9-6;1-2/h5H,3-4,6H2,1-2H3;5H,2-4H2,1H3;1-2H3. The number of aliphatic imine (C=N–C) groups is 1. The fraction of sp³-hybridized carbons (Fsp3) is 0.647. The van der Waals surface area contributed by atoms with Crippen LogP contribution in [0.1, 0.15) is 58.2 Å². The molecule has 2 rings (SSSR count). The third-order valence-corrected chi connectivity index (χ3v) is 3.05. The van der Waals surface area contributed by atoms with Gasteiger partial charge in [-0.2, -0.15) is 0 Å². The highest BCUT2D eigenvalue weighted by Crippen LogP contribution is 2.09. The molecule has 1 aromatic heterocycles. The van der Waals surface area contributed by atoms with Crippen LogP contribution in [0.4, 0.5) is 4.39 Å². The van der Waals surface area contributed by atoms with Crippen LogP contribution in [0.3, 0.4) is 0 Å². The van der Waals surface area contributed by atoms with Crippen molar-refractivity contribution in [3.8, 4) is 0 Å². The van der Waals surface area contributed by atoms with Gasteiger partial charge < -0.3 is 4.52 Å². The van der Waals surface area contributed by atoms with Gasteiger partial charge in [0.2, 0.25) is 0 Å². The predicted octanol–water partition coefficient (Wildman–Crippen LogP) is 5.10. The van der Waals surface area contributed by atoms with Crippen LogP contribution in [0, 0.1) is 6.92 Å². The Bertz CT molecular complexity index is 436. The van der Waals surface area contributed by atoms with Crippen molar-refractivity contribution < 1.29 is 8.91 Å². The lowest BCUT2D eigenvalue weighted by Gasteiger charge is -1.96. The second-order valence-corrected chi connectivity index (χ2v) is 4.64. The Morgan fingerprint density at radius 1 is 1.24 bits per heavy atom. The Balaban J connectivity index is 0.000000342. The quantitative estimate of drug-likeness (QED) is 0.758. The van der Waals surface area contributed by atoms with Gasteiger partial charge in [0.15, 0.2) is 0 Å². The average Bonchev–Trinajstić information content (AvgIpc) is 3.09. The van der Waals surface area contributed by atoms with Crippen molar-refractivity contribution in [1.82, 2.24) is 5.16 Å². The van der Waals surface area contributed by atoms with Gasteiger partial charge >= 0.3 is 0 Å². The van der Waals surface area contributed by atoms with Crippen LogP contribution in [0.15, 0.2) is 27.4 Å². The molecule has 0 bridgehead atoms. The Hall–Kier alpha value is -1.45. The molecule has 0 saturated heterocycles. The van der Waals surface area contributed by atoms with E-state index in [0.717, 1.165) is 30.6 Å². The summed E-state index contributed by atoms with van der Waals surface area (Å²) in [5.41, 5.74) is 4.58. The van der Waals surface area contributed by atoms with Crippen LogP contribution < -0.4 is 0 Å². The van der Waals surface area contributed by atoms with E-state index in [2.05, 4.69) is 34.6 Å². The Labute approximate surface area is 128 Å². The maximum atomic E-state index is 11.7. The molecule has 4 heteroatoms. The molecule has 1 aliphatic heterocycles. The molecule has 0 atom stereocenters. The first kappa shape index (κ1) is 19.6. The SMILES string of the molecule is CC.CCCC1=NCC=C1C.Cc1nocc1CCCF. The van der Waals surface area contributed by atoms with Crippen molar-refractivity contribution in [2.45, 2.75) is 60.3 Å². The van der Waals surface area contributed by atoms with E-state index in [1.807, 2.05) is 20.8 Å². The number of hydrogen-bond acceptors (Lipinski definition) is 3. The third-order valence-electron chi connectivity index (χ3n) is 3.05. The molecular formula is C17H29FN2O. The molecule has 0 N–H and O–H groups in total. The smallest absolute Gasteiger partial charge is 0.127 e. The second kappa shape index (κ2) is 12.3. The van der Waals surface area contributed by atoms with Gasteiger partial charge in [-0.25, -0.2) is 0 Å². The van der Waals surface area contributed by atoms with E-state index in [9.17, 15) is 4.39 Å². The Kier molecular flexibility index (Phi) is 11.5. The number of alkyl halides is 1. The molecule has 0 aromatic carbocycles. The number of nitrogens with zero attached hydrogens (tertiary/aromatic N) is 2. The van der Waals surface area contributed by atoms with Crippen LogP contribution in [-0.2, 0) is 6.42 Å². The Morgan fingerprint density at radius 2 is 1.95 bits per heavy atom. The van der Waals surface area contributed by atoms with E-state index < -0.39 is 0 Å². The highest BCUT2D eigenvalue weighted by atomic mass is 19.1. The summed E-state index contributed by atoms with van der Waals surface area (Å²) in [4.78, 5) is 4.33. The van der Waals surface area contributed by atoms with E-state index >= 15 is 0 Å². The van der Waals surface area contributed by atoms with Crippen molar-refractivity contribution in [3.63, 3.8) is 0 Å². The van der Waals surface area contributed by atoms with E-state index in [0.29, 0.717) is 6.42 Å². The maximum Gasteiger partial charge on any atom is 0.127 e. The summed E-state index contributed by atoms with van der Waals surface area (Å²) in [5.74, 6) is 0. The number of aromatic nitrogens is 1. The lowest BCUT2D eigenvalue weighted by Crippen LogP contribution is -1.94. The summed E-state index contributed by atoms with van der Waals surface area (Å²) in [6.07, 6.45) is 7.41. The number of allylic oxidation sites excluding steroid dienone is 1. The minimum Gasteiger partial charge on any atom is -0.364 e. The van der Waals surface area contributed by atoms with E-state index in [1.165, 1.54) is 17.7 Å². The van der Waals surface area contributed by atoms with Gasteiger partial charge in [-0.3, -0.25) is 9.38 Å². The van der Waals surface area contributed by atoms with E-state index in [-0.39, 0.29) is 6.67 Å². The first-order valence-electron chi connectivity index (χ1n) is 7.85. The highest BCUT2D eigenvalue weighted by molar-refractivity contribution is 6.01. The monoisotopic (exact) mass is 296 g/mol. The van der Waals surface area contributed by atoms with Crippen molar-refractivity contribution in [2.24, 2.45) is 4.99 Å². The van der Waals surface area contributed by atoms with Gasteiger partial charge in [-0.1, -0.05) is 38.4 Å². The van der Waals surface area contributed by atoms with Gasteiger partial charge in [-0.05, 0) is 38.7 Å². The molecule has 120 valence electrons. The van der Waals surface area contributed by atoms with Crippen LogP contribution >= 0.6 is 0 Å². The van der Waals surface area contributed by atoms with Gasteiger partial charge in [-0.15, -0.1) is 0 Å². The van der Waals surface area contributed by atoms with Gasteiger partial charge in [0, 0.05) is 11.3 Å². The zero-order valence-electron chi connectivity index (χ0n) is 14.1. The molecule has 0 saturated carbocycles. The van der Waals surface area contributed by atoms with Crippen molar-refractivity contribution >= 4 is 5.71 Å². The summed E-state index contributed by atoms with van der Waals surface area (Å²) >= 11 is 0. The molecule has 0 spiro atoms. The minimum atomic E-state index is -0.273. The molecule has 0 unspecified atom stereocenters. The van der Waals surface area contributed by atoms with Crippen molar-refractivity contribution in [1.29, 1.82) is 0 Å². The number of hydrogen-bond donors (Lipinski definition) is 0. The predicted molar refractivity (Wildman–Crippen MR) is 87.9 cm³/mol. The zero-order valence-corrected chi connectivity index (χ0v) is 14.1. The summed E-state index contributed by atoms with van der Waals surface area (Å²) < 4.78 is 16.3. The molecule has 0 amide bonds. The molecule has 3 nitrogen and oxygen atoms in total. The first-order chi connectivity index (χ1) is 10.2. The lowest BCUT2D eigenvalue weighted by molar-refractivity contribution is 0.414. The number of halogens is 1. The van der Waals surface area contributed by atoms with Crippen LogP contribution in [-0.4, -0.2) is 24.1 Å². The molecule has 0 fully saturated rings. The number of rotatable bonds is 5. The molecule has 1 aliphatic rings. The molecule has 1 aromatic rings. The fourth-order valence-electron chi connectivity index (χ4n) is 1.86. The van der Waals surface area contributed by atoms with E-state index in [1.54, 1.807) is 6.26 Å². The average molecular weight is 296 g/mol. The maximum absolute atomic E-state index is 11.7. The molecule has 2 heterocycles. The largest absolute Gasteiger partial charge is 0.364 e. The van der Waals surface area contributed by atoms with Gasteiger partial charge in [0.05, 0.1) is 18.9 Å².